The van der Waals surface area contributed by atoms with Gasteiger partial charge in [-0.1, -0.05) is 35.7 Å². The van der Waals surface area contributed by atoms with E-state index in [4.69, 9.17) is 5.73 Å². The summed E-state index contributed by atoms with van der Waals surface area (Å²) < 4.78 is 1.12. The Bertz CT molecular complexity index is 417. The fourth-order valence-corrected chi connectivity index (χ4v) is 3.45. The minimum atomic E-state index is 0.0771. The zero-order valence-electron chi connectivity index (χ0n) is 12.0. The second-order valence-electron chi connectivity index (χ2n) is 5.60. The minimum Gasteiger partial charge on any atom is -0.368 e. The summed E-state index contributed by atoms with van der Waals surface area (Å²) in [5.41, 5.74) is 8.77. The van der Waals surface area contributed by atoms with Crippen molar-refractivity contribution in [2.45, 2.75) is 58.0 Å². The van der Waals surface area contributed by atoms with Crippen LogP contribution in [-0.4, -0.2) is 12.6 Å². The van der Waals surface area contributed by atoms with Crippen molar-refractivity contribution in [3.05, 3.63) is 28.2 Å². The van der Waals surface area contributed by atoms with E-state index in [1.165, 1.54) is 49.9 Å². The molecule has 1 aromatic rings. The van der Waals surface area contributed by atoms with Gasteiger partial charge in [-0.2, -0.15) is 0 Å². The van der Waals surface area contributed by atoms with Crippen LogP contribution in [0.15, 0.2) is 22.7 Å². The van der Waals surface area contributed by atoms with E-state index in [-0.39, 0.29) is 6.04 Å². The van der Waals surface area contributed by atoms with Gasteiger partial charge < -0.3 is 10.6 Å². The van der Waals surface area contributed by atoms with Gasteiger partial charge in [-0.05, 0) is 49.9 Å². The molecule has 0 bridgehead atoms. The molecular weight excluding hydrogens is 300 g/mol. The lowest BCUT2D eigenvalue weighted by Crippen LogP contribution is -2.35. The Balaban J connectivity index is 2.37. The molecule has 2 unspecified atom stereocenters. The largest absolute Gasteiger partial charge is 0.368 e. The van der Waals surface area contributed by atoms with Crippen LogP contribution in [-0.2, 0) is 0 Å². The van der Waals surface area contributed by atoms with Gasteiger partial charge in [-0.3, -0.25) is 0 Å². The molecule has 1 heterocycles. The van der Waals surface area contributed by atoms with Gasteiger partial charge in [0.1, 0.15) is 0 Å². The van der Waals surface area contributed by atoms with Crippen molar-refractivity contribution < 1.29 is 0 Å². The fraction of sp³-hybridized carbons (Fsp3) is 0.625. The van der Waals surface area contributed by atoms with Crippen molar-refractivity contribution in [3.8, 4) is 0 Å². The summed E-state index contributed by atoms with van der Waals surface area (Å²) in [7, 11) is 0. The number of benzene rings is 1. The molecule has 106 valence electrons. The van der Waals surface area contributed by atoms with E-state index in [1.807, 2.05) is 0 Å². The first-order valence-corrected chi connectivity index (χ1v) is 8.24. The average molecular weight is 325 g/mol. The first-order valence-electron chi connectivity index (χ1n) is 7.45. The van der Waals surface area contributed by atoms with E-state index in [1.54, 1.807) is 0 Å². The molecule has 2 N–H and O–H groups in total. The second-order valence-corrected chi connectivity index (χ2v) is 6.51. The molecular formula is C16H25BrN2. The zero-order chi connectivity index (χ0) is 13.8. The summed E-state index contributed by atoms with van der Waals surface area (Å²) in [6.07, 6.45) is 6.54. The SMILES string of the molecule is CCC1CCCCCN1c1ccc(Br)cc1C(C)N. The molecule has 0 amide bonds. The molecule has 1 aromatic carbocycles. The lowest BCUT2D eigenvalue weighted by molar-refractivity contribution is 0.553. The molecule has 1 fully saturated rings. The van der Waals surface area contributed by atoms with Gasteiger partial charge in [0, 0.05) is 28.8 Å². The Morgan fingerprint density at radius 3 is 2.84 bits per heavy atom. The minimum absolute atomic E-state index is 0.0771. The third kappa shape index (κ3) is 3.51. The topological polar surface area (TPSA) is 29.3 Å². The zero-order valence-corrected chi connectivity index (χ0v) is 13.6. The van der Waals surface area contributed by atoms with Gasteiger partial charge in [0.15, 0.2) is 0 Å². The molecule has 2 nitrogen and oxygen atoms in total. The van der Waals surface area contributed by atoms with E-state index >= 15 is 0 Å². The molecule has 0 saturated carbocycles. The monoisotopic (exact) mass is 324 g/mol. The maximum Gasteiger partial charge on any atom is 0.0417 e. The van der Waals surface area contributed by atoms with Crippen molar-refractivity contribution in [2.75, 3.05) is 11.4 Å². The maximum absolute atomic E-state index is 6.17. The third-order valence-electron chi connectivity index (χ3n) is 4.14. The molecule has 0 radical (unpaired) electrons. The van der Waals surface area contributed by atoms with Crippen LogP contribution in [0.5, 0.6) is 0 Å². The van der Waals surface area contributed by atoms with Gasteiger partial charge >= 0.3 is 0 Å². The van der Waals surface area contributed by atoms with E-state index in [0.29, 0.717) is 6.04 Å². The summed E-state index contributed by atoms with van der Waals surface area (Å²) in [5.74, 6) is 0. The predicted octanol–water partition coefficient (Wildman–Crippen LogP) is 4.63. The Labute approximate surface area is 125 Å². The van der Waals surface area contributed by atoms with Crippen molar-refractivity contribution in [2.24, 2.45) is 5.73 Å². The first kappa shape index (κ1) is 14.9. The van der Waals surface area contributed by atoms with Crippen LogP contribution in [0.2, 0.25) is 0 Å². The van der Waals surface area contributed by atoms with Gasteiger partial charge in [0.25, 0.3) is 0 Å². The summed E-state index contributed by atoms with van der Waals surface area (Å²) in [6.45, 7) is 5.54. The van der Waals surface area contributed by atoms with E-state index in [9.17, 15) is 0 Å². The number of nitrogens with two attached hydrogens (primary N) is 1. The number of nitrogens with zero attached hydrogens (tertiary/aromatic N) is 1. The Morgan fingerprint density at radius 2 is 2.16 bits per heavy atom. The van der Waals surface area contributed by atoms with Crippen molar-refractivity contribution in [1.29, 1.82) is 0 Å². The summed E-state index contributed by atoms with van der Waals surface area (Å²) in [4.78, 5) is 2.60. The smallest absolute Gasteiger partial charge is 0.0417 e. The quantitative estimate of drug-likeness (QED) is 0.878. The molecule has 2 atom stereocenters. The number of hydrogen-bond acceptors (Lipinski definition) is 2. The Morgan fingerprint density at radius 1 is 1.37 bits per heavy atom. The van der Waals surface area contributed by atoms with Crippen molar-refractivity contribution >= 4 is 21.6 Å². The van der Waals surface area contributed by atoms with Crippen LogP contribution < -0.4 is 10.6 Å². The first-order chi connectivity index (χ1) is 9.13. The molecule has 1 aliphatic heterocycles. The standard InChI is InChI=1S/C16H25BrN2/c1-3-14-7-5-4-6-10-19(14)16-9-8-13(17)11-15(16)12(2)18/h8-9,11-12,14H,3-7,10,18H2,1-2H3. The maximum atomic E-state index is 6.17. The van der Waals surface area contributed by atoms with Crippen molar-refractivity contribution in [3.63, 3.8) is 0 Å². The van der Waals surface area contributed by atoms with Crippen LogP contribution in [0.3, 0.4) is 0 Å². The number of halogens is 1. The average Bonchev–Trinajstić information content (AvgIpc) is 2.63. The molecule has 19 heavy (non-hydrogen) atoms. The Hall–Kier alpha value is -0.540. The molecule has 0 aromatic heterocycles. The van der Waals surface area contributed by atoms with Crippen LogP contribution in [0.1, 0.15) is 57.6 Å². The van der Waals surface area contributed by atoms with E-state index in [0.717, 1.165) is 4.47 Å². The molecule has 2 rings (SSSR count). The van der Waals surface area contributed by atoms with Crippen LogP contribution in [0.25, 0.3) is 0 Å². The van der Waals surface area contributed by atoms with Crippen LogP contribution >= 0.6 is 15.9 Å². The highest BCUT2D eigenvalue weighted by atomic mass is 79.9. The van der Waals surface area contributed by atoms with Gasteiger partial charge in [0.05, 0.1) is 0 Å². The lowest BCUT2D eigenvalue weighted by Gasteiger charge is -2.34. The summed E-state index contributed by atoms with van der Waals surface area (Å²) >= 11 is 3.56. The summed E-state index contributed by atoms with van der Waals surface area (Å²) in [6, 6.07) is 7.29. The molecule has 0 spiro atoms. The molecule has 1 saturated heterocycles. The highest BCUT2D eigenvalue weighted by molar-refractivity contribution is 9.10. The summed E-state index contributed by atoms with van der Waals surface area (Å²) in [5, 5.41) is 0. The van der Waals surface area contributed by atoms with Crippen LogP contribution in [0.4, 0.5) is 5.69 Å². The number of rotatable bonds is 3. The fourth-order valence-electron chi connectivity index (χ4n) is 3.07. The third-order valence-corrected chi connectivity index (χ3v) is 4.63. The van der Waals surface area contributed by atoms with Crippen molar-refractivity contribution in [1.82, 2.24) is 0 Å². The van der Waals surface area contributed by atoms with Gasteiger partial charge in [0.2, 0.25) is 0 Å². The normalized spacial score (nSPS) is 22.1. The number of anilines is 1. The van der Waals surface area contributed by atoms with E-state index < -0.39 is 0 Å². The highest BCUT2D eigenvalue weighted by Gasteiger charge is 2.22. The predicted molar refractivity (Wildman–Crippen MR) is 86.6 cm³/mol. The molecule has 1 aliphatic rings. The lowest BCUT2D eigenvalue weighted by atomic mass is 10.0. The molecule has 3 heteroatoms. The Kier molecular flexibility index (Phi) is 5.28. The van der Waals surface area contributed by atoms with Gasteiger partial charge in [-0.15, -0.1) is 0 Å². The second kappa shape index (κ2) is 6.76. The molecule has 0 aliphatic carbocycles. The van der Waals surface area contributed by atoms with Gasteiger partial charge in [-0.25, -0.2) is 0 Å². The van der Waals surface area contributed by atoms with E-state index in [2.05, 4.69) is 52.9 Å². The number of hydrogen-bond donors (Lipinski definition) is 1. The highest BCUT2D eigenvalue weighted by Crippen LogP contribution is 2.33. The van der Waals surface area contributed by atoms with Crippen LogP contribution in [0, 0.1) is 0 Å².